The minimum Gasteiger partial charge on any atom is -0.465 e. The van der Waals surface area contributed by atoms with Crippen LogP contribution < -0.4 is 10.0 Å². The summed E-state index contributed by atoms with van der Waals surface area (Å²) in [5.74, 6) is 0.122. The number of nitrogens with two attached hydrogens (primary N) is 1. The van der Waals surface area contributed by atoms with Gasteiger partial charge in [-0.15, -0.1) is 0 Å². The fraction of sp³-hybridized carbons (Fsp3) is 0.500. The van der Waals surface area contributed by atoms with Gasteiger partial charge in [0.1, 0.15) is 0 Å². The zero-order valence-electron chi connectivity index (χ0n) is 11.8. The molecule has 1 heterocycles. The maximum atomic E-state index is 12.0. The minimum atomic E-state index is -3.84. The molecule has 0 spiro atoms. The van der Waals surface area contributed by atoms with Crippen molar-refractivity contribution < 1.29 is 17.9 Å². The molecule has 7 heteroatoms. The van der Waals surface area contributed by atoms with E-state index in [1.807, 2.05) is 0 Å². The Morgan fingerprint density at radius 1 is 1.38 bits per heavy atom. The van der Waals surface area contributed by atoms with Crippen LogP contribution in [-0.4, -0.2) is 34.1 Å². The fourth-order valence-corrected chi connectivity index (χ4v) is 3.98. The summed E-state index contributed by atoms with van der Waals surface area (Å²) < 4.78 is 27.7. The highest BCUT2D eigenvalue weighted by molar-refractivity contribution is 7.89. The van der Waals surface area contributed by atoms with Crippen molar-refractivity contribution in [1.82, 2.24) is 0 Å². The summed E-state index contributed by atoms with van der Waals surface area (Å²) in [5, 5.41) is 5.14. The van der Waals surface area contributed by atoms with Crippen molar-refractivity contribution in [3.8, 4) is 0 Å². The van der Waals surface area contributed by atoms with E-state index in [9.17, 15) is 13.2 Å². The maximum absolute atomic E-state index is 12.0. The molecule has 3 rings (SSSR count). The van der Waals surface area contributed by atoms with E-state index in [0.717, 1.165) is 25.1 Å². The quantitative estimate of drug-likeness (QED) is 0.845. The molecule has 1 aliphatic heterocycles. The molecule has 2 unspecified atom stereocenters. The SMILES string of the molecule is COC(=O)c1cc(S(N)(=O)=O)ccc1N1CC2CCC1C2. The molecule has 2 atom stereocenters. The van der Waals surface area contributed by atoms with Gasteiger partial charge >= 0.3 is 5.97 Å². The monoisotopic (exact) mass is 310 g/mol. The Kier molecular flexibility index (Phi) is 3.41. The van der Waals surface area contributed by atoms with Crippen molar-refractivity contribution in [2.24, 2.45) is 11.1 Å². The van der Waals surface area contributed by atoms with Crippen molar-refractivity contribution in [3.63, 3.8) is 0 Å². The van der Waals surface area contributed by atoms with Crippen LogP contribution in [0.15, 0.2) is 23.1 Å². The first-order valence-corrected chi connectivity index (χ1v) is 8.46. The third kappa shape index (κ3) is 2.51. The van der Waals surface area contributed by atoms with Crippen LogP contribution in [0.3, 0.4) is 0 Å². The predicted molar refractivity (Wildman–Crippen MR) is 77.6 cm³/mol. The Morgan fingerprint density at radius 3 is 2.67 bits per heavy atom. The molecule has 1 aromatic carbocycles. The van der Waals surface area contributed by atoms with Crippen molar-refractivity contribution >= 4 is 21.7 Å². The van der Waals surface area contributed by atoms with Crippen LogP contribution in [-0.2, 0) is 14.8 Å². The molecule has 2 N–H and O–H groups in total. The number of hydrogen-bond acceptors (Lipinski definition) is 5. The summed E-state index contributed by atoms with van der Waals surface area (Å²) in [6.45, 7) is 0.906. The van der Waals surface area contributed by atoms with Gasteiger partial charge in [-0.25, -0.2) is 18.4 Å². The molecule has 2 aliphatic rings. The molecule has 21 heavy (non-hydrogen) atoms. The average Bonchev–Trinajstić information content (AvgIpc) is 3.07. The highest BCUT2D eigenvalue weighted by atomic mass is 32.2. The molecule has 6 nitrogen and oxygen atoms in total. The number of piperidine rings is 1. The van der Waals surface area contributed by atoms with Crippen molar-refractivity contribution in [1.29, 1.82) is 0 Å². The van der Waals surface area contributed by atoms with Crippen LogP contribution in [0.25, 0.3) is 0 Å². The van der Waals surface area contributed by atoms with Crippen LogP contribution in [0.1, 0.15) is 29.6 Å². The lowest BCUT2D eigenvalue weighted by Gasteiger charge is -2.30. The Morgan fingerprint density at radius 2 is 2.14 bits per heavy atom. The number of esters is 1. The van der Waals surface area contributed by atoms with E-state index in [2.05, 4.69) is 4.90 Å². The van der Waals surface area contributed by atoms with Crippen molar-refractivity contribution in [2.75, 3.05) is 18.6 Å². The van der Waals surface area contributed by atoms with Crippen LogP contribution >= 0.6 is 0 Å². The molecule has 0 aromatic heterocycles. The molecule has 1 saturated heterocycles. The molecule has 0 radical (unpaired) electrons. The Balaban J connectivity index is 2.05. The van der Waals surface area contributed by atoms with Crippen molar-refractivity contribution in [3.05, 3.63) is 23.8 Å². The Labute approximate surface area is 123 Å². The van der Waals surface area contributed by atoms with Gasteiger partial charge < -0.3 is 9.64 Å². The van der Waals surface area contributed by atoms with Gasteiger partial charge in [-0.1, -0.05) is 0 Å². The number of nitrogens with zero attached hydrogens (tertiary/aromatic N) is 1. The van der Waals surface area contributed by atoms with Gasteiger partial charge in [-0.3, -0.25) is 0 Å². The molecule has 0 amide bonds. The normalized spacial score (nSPS) is 24.4. The molecular formula is C14H18N2O4S. The number of anilines is 1. The summed E-state index contributed by atoms with van der Waals surface area (Å²) in [4.78, 5) is 14.1. The highest BCUT2D eigenvalue weighted by Gasteiger charge is 2.39. The second kappa shape index (κ2) is 4.99. The van der Waals surface area contributed by atoms with Gasteiger partial charge in [-0.2, -0.15) is 0 Å². The minimum absolute atomic E-state index is 0.0731. The number of carbonyl (C=O) groups excluding carboxylic acids is 1. The van der Waals surface area contributed by atoms with Crippen LogP contribution in [0.2, 0.25) is 0 Å². The number of fused-ring (bicyclic) bond motifs is 2. The number of rotatable bonds is 3. The largest absolute Gasteiger partial charge is 0.465 e. The zero-order valence-corrected chi connectivity index (χ0v) is 12.6. The van der Waals surface area contributed by atoms with Gasteiger partial charge in [0.15, 0.2) is 0 Å². The fourth-order valence-electron chi connectivity index (χ4n) is 3.44. The smallest absolute Gasteiger partial charge is 0.340 e. The van der Waals surface area contributed by atoms with E-state index < -0.39 is 16.0 Å². The first kappa shape index (κ1) is 14.3. The molecule has 2 fully saturated rings. The van der Waals surface area contributed by atoms with E-state index in [1.54, 1.807) is 6.07 Å². The molecule has 2 bridgehead atoms. The van der Waals surface area contributed by atoms with E-state index in [-0.39, 0.29) is 10.5 Å². The third-order valence-electron chi connectivity index (χ3n) is 4.42. The van der Waals surface area contributed by atoms with E-state index in [4.69, 9.17) is 9.88 Å². The van der Waals surface area contributed by atoms with E-state index >= 15 is 0 Å². The van der Waals surface area contributed by atoms with Crippen LogP contribution in [0, 0.1) is 5.92 Å². The standard InChI is InChI=1S/C14H18N2O4S/c1-20-14(17)12-7-11(21(15,18)19)4-5-13(12)16-8-9-2-3-10(16)6-9/h4-5,7,9-10H,2-3,6,8H2,1H3,(H2,15,18,19). The third-order valence-corrected chi connectivity index (χ3v) is 5.33. The summed E-state index contributed by atoms with van der Waals surface area (Å²) in [5.41, 5.74) is 0.998. The maximum Gasteiger partial charge on any atom is 0.340 e. The van der Waals surface area contributed by atoms with Gasteiger partial charge in [0.2, 0.25) is 10.0 Å². The number of ether oxygens (including phenoxy) is 1. The second-order valence-corrected chi connectivity index (χ2v) is 7.26. The molecule has 1 saturated carbocycles. The number of benzene rings is 1. The zero-order chi connectivity index (χ0) is 15.2. The number of carbonyl (C=O) groups is 1. The number of primary sulfonamides is 1. The first-order chi connectivity index (χ1) is 9.90. The second-order valence-electron chi connectivity index (χ2n) is 5.70. The summed E-state index contributed by atoms with van der Waals surface area (Å²) in [6.07, 6.45) is 3.48. The van der Waals surface area contributed by atoms with Gasteiger partial charge in [0.05, 0.1) is 23.3 Å². The number of sulfonamides is 1. The van der Waals surface area contributed by atoms with Crippen LogP contribution in [0.4, 0.5) is 5.69 Å². The molecular weight excluding hydrogens is 292 g/mol. The molecule has 114 valence electrons. The predicted octanol–water partition coefficient (Wildman–Crippen LogP) is 1.11. The topological polar surface area (TPSA) is 89.7 Å². The van der Waals surface area contributed by atoms with Crippen molar-refractivity contribution in [2.45, 2.75) is 30.2 Å². The van der Waals surface area contributed by atoms with E-state index in [0.29, 0.717) is 12.0 Å². The summed E-state index contributed by atoms with van der Waals surface area (Å²) >= 11 is 0. The molecule has 1 aromatic rings. The van der Waals surface area contributed by atoms with Gasteiger partial charge in [-0.05, 0) is 43.4 Å². The molecule has 1 aliphatic carbocycles. The lowest BCUT2D eigenvalue weighted by Crippen LogP contribution is -2.33. The summed E-state index contributed by atoms with van der Waals surface area (Å²) in [6, 6.07) is 4.84. The number of methoxy groups -OCH3 is 1. The summed E-state index contributed by atoms with van der Waals surface area (Å²) in [7, 11) is -2.56. The first-order valence-electron chi connectivity index (χ1n) is 6.92. The van der Waals surface area contributed by atoms with Gasteiger partial charge in [0, 0.05) is 12.6 Å². The number of hydrogen-bond donors (Lipinski definition) is 1. The van der Waals surface area contributed by atoms with Crippen LogP contribution in [0.5, 0.6) is 0 Å². The Hall–Kier alpha value is -1.60. The highest BCUT2D eigenvalue weighted by Crippen LogP contribution is 2.41. The average molecular weight is 310 g/mol. The van der Waals surface area contributed by atoms with E-state index in [1.165, 1.54) is 25.7 Å². The van der Waals surface area contributed by atoms with Gasteiger partial charge in [0.25, 0.3) is 0 Å². The lowest BCUT2D eigenvalue weighted by molar-refractivity contribution is 0.0601. The lowest BCUT2D eigenvalue weighted by atomic mass is 10.1. The Bertz CT molecular complexity index is 686.